The Morgan fingerprint density at radius 2 is 2.40 bits per heavy atom. The Balaban J connectivity index is 2.26. The predicted octanol–water partition coefficient (Wildman–Crippen LogP) is 3.69. The third-order valence-electron chi connectivity index (χ3n) is 2.62. The molecular weight excluding hydrogens is 272 g/mol. The number of ketones is 1. The summed E-state index contributed by atoms with van der Waals surface area (Å²) >= 11 is 5.28. The van der Waals surface area contributed by atoms with Gasteiger partial charge < -0.3 is 0 Å². The van der Waals surface area contributed by atoms with Crippen molar-refractivity contribution in [3.05, 3.63) is 29.3 Å². The molecule has 1 nitrogen and oxygen atoms in total. The number of fused-ring (bicyclic) bond motifs is 1. The van der Waals surface area contributed by atoms with Gasteiger partial charge in [-0.25, -0.2) is 0 Å². The Morgan fingerprint density at radius 1 is 1.60 bits per heavy atom. The summed E-state index contributed by atoms with van der Waals surface area (Å²) in [6.07, 6.45) is 1.94. The van der Waals surface area contributed by atoms with Crippen molar-refractivity contribution in [2.75, 3.05) is 5.75 Å². The number of halogens is 1. The molecule has 0 saturated heterocycles. The largest absolute Gasteiger partial charge is 0.293 e. The van der Waals surface area contributed by atoms with Crippen molar-refractivity contribution >= 4 is 33.5 Å². The maximum Gasteiger partial charge on any atom is 0.176 e. The number of carbonyl (C=O) groups excluding carboxylic acids is 1. The monoisotopic (exact) mass is 284 g/mol. The summed E-state index contributed by atoms with van der Waals surface area (Å²) in [5, 5.41) is 0. The first kappa shape index (κ1) is 11.2. The number of benzene rings is 1. The zero-order chi connectivity index (χ0) is 10.8. The number of alkyl halides is 1. The van der Waals surface area contributed by atoms with Gasteiger partial charge in [0.2, 0.25) is 0 Å². The van der Waals surface area contributed by atoms with Crippen LogP contribution in [0.15, 0.2) is 23.1 Å². The average molecular weight is 285 g/mol. The summed E-state index contributed by atoms with van der Waals surface area (Å²) < 4.78 is 0. The van der Waals surface area contributed by atoms with Crippen LogP contribution < -0.4 is 0 Å². The van der Waals surface area contributed by atoms with Crippen LogP contribution >= 0.6 is 27.7 Å². The first-order valence-electron chi connectivity index (χ1n) is 5.16. The maximum absolute atomic E-state index is 11.9. The minimum absolute atomic E-state index is 0.0374. The van der Waals surface area contributed by atoms with Crippen LogP contribution in [-0.2, 0) is 6.42 Å². The molecule has 1 atom stereocenters. The van der Waals surface area contributed by atoms with Crippen LogP contribution in [0, 0.1) is 0 Å². The van der Waals surface area contributed by atoms with Gasteiger partial charge in [-0.15, -0.1) is 11.8 Å². The van der Waals surface area contributed by atoms with Gasteiger partial charge in [-0.1, -0.05) is 28.9 Å². The van der Waals surface area contributed by atoms with Gasteiger partial charge in [-0.2, -0.15) is 0 Å². The number of carbonyl (C=O) groups is 1. The van der Waals surface area contributed by atoms with Crippen LogP contribution in [0.4, 0.5) is 0 Å². The summed E-state index contributed by atoms with van der Waals surface area (Å²) in [5.74, 6) is 1.36. The Bertz CT molecular complexity index is 389. The molecule has 0 bridgehead atoms. The number of hydrogen-bond donors (Lipinski definition) is 0. The summed E-state index contributed by atoms with van der Waals surface area (Å²) in [4.78, 5) is 13.2. The van der Waals surface area contributed by atoms with E-state index in [1.54, 1.807) is 0 Å². The van der Waals surface area contributed by atoms with Gasteiger partial charge in [0.15, 0.2) is 5.78 Å². The average Bonchev–Trinajstić information content (AvgIpc) is 2.73. The molecule has 1 aliphatic heterocycles. The molecule has 2 rings (SSSR count). The van der Waals surface area contributed by atoms with Crippen LogP contribution in [0.25, 0.3) is 0 Å². The molecule has 0 saturated carbocycles. The van der Waals surface area contributed by atoms with E-state index in [2.05, 4.69) is 28.1 Å². The van der Waals surface area contributed by atoms with Crippen LogP contribution in [-0.4, -0.2) is 16.4 Å². The first-order valence-corrected chi connectivity index (χ1v) is 7.06. The molecule has 1 unspecified atom stereocenters. The highest BCUT2D eigenvalue weighted by atomic mass is 79.9. The van der Waals surface area contributed by atoms with Crippen molar-refractivity contribution in [1.29, 1.82) is 0 Å². The second-order valence-electron chi connectivity index (χ2n) is 3.66. The van der Waals surface area contributed by atoms with Gasteiger partial charge >= 0.3 is 0 Å². The molecule has 3 heteroatoms. The Hall–Kier alpha value is -0.280. The molecular formula is C12H13BrOS. The Labute approximate surface area is 103 Å². The van der Waals surface area contributed by atoms with Crippen LogP contribution in [0.2, 0.25) is 0 Å². The Kier molecular flexibility index (Phi) is 3.52. The van der Waals surface area contributed by atoms with E-state index in [9.17, 15) is 4.79 Å². The van der Waals surface area contributed by atoms with E-state index in [0.29, 0.717) is 0 Å². The predicted molar refractivity (Wildman–Crippen MR) is 68.2 cm³/mol. The zero-order valence-corrected chi connectivity index (χ0v) is 11.0. The van der Waals surface area contributed by atoms with Crippen molar-refractivity contribution in [3.8, 4) is 0 Å². The molecule has 0 amide bonds. The third kappa shape index (κ3) is 2.28. The van der Waals surface area contributed by atoms with Crippen molar-refractivity contribution in [2.24, 2.45) is 0 Å². The highest BCUT2D eigenvalue weighted by Crippen LogP contribution is 2.32. The van der Waals surface area contributed by atoms with Crippen molar-refractivity contribution in [1.82, 2.24) is 0 Å². The van der Waals surface area contributed by atoms with Gasteiger partial charge in [-0.3, -0.25) is 4.79 Å². The molecule has 15 heavy (non-hydrogen) atoms. The molecule has 0 aliphatic carbocycles. The van der Waals surface area contributed by atoms with Crippen molar-refractivity contribution in [2.45, 2.75) is 29.5 Å². The second kappa shape index (κ2) is 4.71. The standard InChI is InChI=1S/C12H13BrOS/c1-2-10(13)12(14)9-3-4-11-8(7-9)5-6-15-11/h3-4,7,10H,2,5-6H2,1H3. The fourth-order valence-corrected chi connectivity index (χ4v) is 3.02. The summed E-state index contributed by atoms with van der Waals surface area (Å²) in [6.45, 7) is 2.01. The van der Waals surface area contributed by atoms with Crippen LogP contribution in [0.1, 0.15) is 29.3 Å². The second-order valence-corrected chi connectivity index (χ2v) is 5.90. The summed E-state index contributed by atoms with van der Waals surface area (Å²) in [6, 6.07) is 6.08. The molecule has 0 radical (unpaired) electrons. The van der Waals surface area contributed by atoms with Gasteiger partial charge in [0.05, 0.1) is 4.83 Å². The summed E-state index contributed by atoms with van der Waals surface area (Å²) in [7, 11) is 0. The quantitative estimate of drug-likeness (QED) is 0.622. The lowest BCUT2D eigenvalue weighted by Gasteiger charge is -2.07. The number of thioether (sulfide) groups is 1. The smallest absolute Gasteiger partial charge is 0.176 e. The van der Waals surface area contributed by atoms with E-state index in [-0.39, 0.29) is 10.6 Å². The van der Waals surface area contributed by atoms with E-state index in [4.69, 9.17) is 0 Å². The maximum atomic E-state index is 11.9. The molecule has 0 aromatic heterocycles. The molecule has 1 aliphatic rings. The SMILES string of the molecule is CCC(Br)C(=O)c1ccc2c(c1)CCS2. The van der Waals surface area contributed by atoms with Crippen LogP contribution in [0.5, 0.6) is 0 Å². The van der Waals surface area contributed by atoms with E-state index >= 15 is 0 Å². The molecule has 1 heterocycles. The summed E-state index contributed by atoms with van der Waals surface area (Å²) in [5.41, 5.74) is 2.18. The highest BCUT2D eigenvalue weighted by molar-refractivity contribution is 9.10. The fourth-order valence-electron chi connectivity index (χ4n) is 1.71. The molecule has 1 aromatic rings. The fraction of sp³-hybridized carbons (Fsp3) is 0.417. The van der Waals surface area contributed by atoms with Crippen molar-refractivity contribution in [3.63, 3.8) is 0 Å². The highest BCUT2D eigenvalue weighted by Gasteiger charge is 2.18. The molecule has 0 spiro atoms. The van der Waals surface area contributed by atoms with Gasteiger partial charge in [0.1, 0.15) is 0 Å². The molecule has 0 N–H and O–H groups in total. The van der Waals surface area contributed by atoms with E-state index < -0.39 is 0 Å². The van der Waals surface area contributed by atoms with E-state index in [1.807, 2.05) is 24.8 Å². The normalized spacial score (nSPS) is 16.1. The zero-order valence-electron chi connectivity index (χ0n) is 8.63. The number of hydrogen-bond acceptors (Lipinski definition) is 2. The van der Waals surface area contributed by atoms with Crippen molar-refractivity contribution < 1.29 is 4.79 Å². The number of aryl methyl sites for hydroxylation is 1. The number of Topliss-reactive ketones (excluding diaryl/α,β-unsaturated/α-hetero) is 1. The minimum atomic E-state index is -0.0374. The lowest BCUT2D eigenvalue weighted by Crippen LogP contribution is -2.13. The van der Waals surface area contributed by atoms with E-state index in [1.165, 1.54) is 10.5 Å². The third-order valence-corrected chi connectivity index (χ3v) is 4.80. The Morgan fingerprint density at radius 3 is 3.13 bits per heavy atom. The van der Waals surface area contributed by atoms with Gasteiger partial charge in [0, 0.05) is 16.2 Å². The first-order chi connectivity index (χ1) is 7.22. The molecule has 1 aromatic carbocycles. The minimum Gasteiger partial charge on any atom is -0.293 e. The lowest BCUT2D eigenvalue weighted by molar-refractivity contribution is 0.0990. The molecule has 0 fully saturated rings. The van der Waals surface area contributed by atoms with Gasteiger partial charge in [0.25, 0.3) is 0 Å². The van der Waals surface area contributed by atoms with E-state index in [0.717, 1.165) is 24.2 Å². The number of rotatable bonds is 3. The van der Waals surface area contributed by atoms with Gasteiger partial charge in [-0.05, 0) is 30.5 Å². The molecule has 80 valence electrons. The van der Waals surface area contributed by atoms with Crippen LogP contribution in [0.3, 0.4) is 0 Å². The lowest BCUT2D eigenvalue weighted by atomic mass is 10.0. The topological polar surface area (TPSA) is 17.1 Å².